The van der Waals surface area contributed by atoms with Gasteiger partial charge in [-0.1, -0.05) is 52.4 Å². The normalized spacial score (nSPS) is 10.5. The zero-order valence-electron chi connectivity index (χ0n) is 10.9. The second-order valence-electron chi connectivity index (χ2n) is 4.23. The minimum atomic E-state index is 0.733. The van der Waals surface area contributed by atoms with Crippen LogP contribution >= 0.6 is 27.3 Å². The quantitative estimate of drug-likeness (QED) is 0.774. The van der Waals surface area contributed by atoms with Gasteiger partial charge in [-0.05, 0) is 18.1 Å². The summed E-state index contributed by atoms with van der Waals surface area (Å²) in [4.78, 5) is 18.3. The zero-order chi connectivity index (χ0) is 13.8. The van der Waals surface area contributed by atoms with E-state index in [-0.39, 0.29) is 0 Å². The van der Waals surface area contributed by atoms with Gasteiger partial charge in [0.05, 0.1) is 10.6 Å². The number of rotatable bonds is 5. The van der Waals surface area contributed by atoms with Gasteiger partial charge in [0, 0.05) is 18.1 Å². The largest absolute Gasteiger partial charge is 0.347 e. The number of aromatic nitrogens is 1. The summed E-state index contributed by atoms with van der Waals surface area (Å²) in [5, 5.41) is 0.884. The standard InChI is InChI=1S/C14H15BrN2OS/c1-3-12-13(9-18)19-14(16-12)17(2)8-10-6-4-5-7-11(10)15/h4-7,9H,3,8H2,1-2H3. The van der Waals surface area contributed by atoms with Crippen molar-refractivity contribution in [3.05, 3.63) is 44.9 Å². The van der Waals surface area contributed by atoms with E-state index < -0.39 is 0 Å². The first-order chi connectivity index (χ1) is 9.15. The van der Waals surface area contributed by atoms with Crippen molar-refractivity contribution in [1.29, 1.82) is 0 Å². The summed E-state index contributed by atoms with van der Waals surface area (Å²) >= 11 is 4.99. The molecular formula is C14H15BrN2OS. The van der Waals surface area contributed by atoms with Gasteiger partial charge >= 0.3 is 0 Å². The summed E-state index contributed by atoms with van der Waals surface area (Å²) in [5.41, 5.74) is 2.08. The molecule has 1 aromatic carbocycles. The molecule has 0 bridgehead atoms. The van der Waals surface area contributed by atoms with Crippen LogP contribution in [0, 0.1) is 0 Å². The smallest absolute Gasteiger partial charge is 0.186 e. The fourth-order valence-corrected chi connectivity index (χ4v) is 3.15. The third-order valence-corrected chi connectivity index (χ3v) is 4.76. The van der Waals surface area contributed by atoms with Crippen molar-refractivity contribution in [3.8, 4) is 0 Å². The highest BCUT2D eigenvalue weighted by Gasteiger charge is 2.13. The molecule has 5 heteroatoms. The van der Waals surface area contributed by atoms with E-state index in [1.54, 1.807) is 0 Å². The van der Waals surface area contributed by atoms with Crippen LogP contribution in [0.2, 0.25) is 0 Å². The summed E-state index contributed by atoms with van der Waals surface area (Å²) in [6.45, 7) is 2.77. The highest BCUT2D eigenvalue weighted by Crippen LogP contribution is 2.27. The van der Waals surface area contributed by atoms with Crippen molar-refractivity contribution in [2.24, 2.45) is 0 Å². The molecule has 0 saturated carbocycles. The van der Waals surface area contributed by atoms with Crippen LogP contribution in [0.3, 0.4) is 0 Å². The summed E-state index contributed by atoms with van der Waals surface area (Å²) in [5.74, 6) is 0. The van der Waals surface area contributed by atoms with Crippen molar-refractivity contribution >= 4 is 38.7 Å². The molecule has 100 valence electrons. The lowest BCUT2D eigenvalue weighted by molar-refractivity contribution is 0.112. The number of anilines is 1. The van der Waals surface area contributed by atoms with Gasteiger partial charge < -0.3 is 4.90 Å². The predicted octanol–water partition coefficient (Wildman–Crippen LogP) is 3.92. The Hall–Kier alpha value is -1.20. The lowest BCUT2D eigenvalue weighted by Gasteiger charge is -2.16. The summed E-state index contributed by atoms with van der Waals surface area (Å²) in [6, 6.07) is 8.12. The number of nitrogens with zero attached hydrogens (tertiary/aromatic N) is 2. The fourth-order valence-electron chi connectivity index (χ4n) is 1.81. The van der Waals surface area contributed by atoms with Crippen LogP contribution in [0.1, 0.15) is 27.9 Å². The number of aryl methyl sites for hydroxylation is 1. The highest BCUT2D eigenvalue weighted by molar-refractivity contribution is 9.10. The van der Waals surface area contributed by atoms with E-state index in [4.69, 9.17) is 0 Å². The minimum absolute atomic E-state index is 0.733. The lowest BCUT2D eigenvalue weighted by atomic mass is 10.2. The molecule has 0 aliphatic rings. The second-order valence-corrected chi connectivity index (χ2v) is 6.09. The van der Waals surface area contributed by atoms with E-state index in [0.29, 0.717) is 0 Å². The van der Waals surface area contributed by atoms with E-state index >= 15 is 0 Å². The molecule has 0 atom stereocenters. The number of hydrogen-bond donors (Lipinski definition) is 0. The number of halogens is 1. The van der Waals surface area contributed by atoms with Crippen molar-refractivity contribution in [3.63, 3.8) is 0 Å². The molecule has 19 heavy (non-hydrogen) atoms. The Labute approximate surface area is 125 Å². The van der Waals surface area contributed by atoms with E-state index in [2.05, 4.69) is 31.9 Å². The van der Waals surface area contributed by atoms with Gasteiger partial charge in [0.2, 0.25) is 0 Å². The van der Waals surface area contributed by atoms with Gasteiger partial charge in [-0.3, -0.25) is 4.79 Å². The minimum Gasteiger partial charge on any atom is -0.347 e. The summed E-state index contributed by atoms with van der Waals surface area (Å²) < 4.78 is 1.09. The van der Waals surface area contributed by atoms with Gasteiger partial charge in [-0.25, -0.2) is 4.98 Å². The molecule has 1 heterocycles. The summed E-state index contributed by atoms with van der Waals surface area (Å²) in [6.07, 6.45) is 1.68. The van der Waals surface area contributed by atoms with Crippen LogP contribution in [0.5, 0.6) is 0 Å². The maximum atomic E-state index is 11.0. The molecule has 2 aromatic rings. The van der Waals surface area contributed by atoms with E-state index in [1.807, 2.05) is 32.2 Å². The molecule has 3 nitrogen and oxygen atoms in total. The number of aldehydes is 1. The third kappa shape index (κ3) is 3.22. The van der Waals surface area contributed by atoms with E-state index in [9.17, 15) is 4.79 Å². The molecule has 1 aromatic heterocycles. The Bertz CT molecular complexity index is 583. The zero-order valence-corrected chi connectivity index (χ0v) is 13.3. The van der Waals surface area contributed by atoms with Crippen molar-refractivity contribution in [2.75, 3.05) is 11.9 Å². The van der Waals surface area contributed by atoms with Crippen LogP contribution < -0.4 is 4.90 Å². The average molecular weight is 339 g/mol. The molecule has 0 radical (unpaired) electrons. The van der Waals surface area contributed by atoms with Gasteiger partial charge in [0.25, 0.3) is 0 Å². The molecule has 0 fully saturated rings. The van der Waals surface area contributed by atoms with Gasteiger partial charge in [0.1, 0.15) is 0 Å². The Morgan fingerprint density at radius 2 is 2.16 bits per heavy atom. The van der Waals surface area contributed by atoms with Crippen molar-refractivity contribution in [2.45, 2.75) is 19.9 Å². The molecule has 0 unspecified atom stereocenters. The van der Waals surface area contributed by atoms with Crippen molar-refractivity contribution in [1.82, 2.24) is 4.98 Å². The van der Waals surface area contributed by atoms with Gasteiger partial charge in [0.15, 0.2) is 11.4 Å². The van der Waals surface area contributed by atoms with Gasteiger partial charge in [-0.15, -0.1) is 0 Å². The van der Waals surface area contributed by atoms with Crippen molar-refractivity contribution < 1.29 is 4.79 Å². The fraction of sp³-hybridized carbons (Fsp3) is 0.286. The first kappa shape index (κ1) is 14.2. The number of thiazole rings is 1. The topological polar surface area (TPSA) is 33.2 Å². The molecular weight excluding hydrogens is 324 g/mol. The maximum absolute atomic E-state index is 11.0. The Balaban J connectivity index is 2.20. The van der Waals surface area contributed by atoms with Crippen LogP contribution in [0.25, 0.3) is 0 Å². The molecule has 0 aliphatic heterocycles. The molecule has 0 spiro atoms. The molecule has 0 amide bonds. The van der Waals surface area contributed by atoms with Crippen LogP contribution in [0.15, 0.2) is 28.7 Å². The number of hydrogen-bond acceptors (Lipinski definition) is 4. The monoisotopic (exact) mass is 338 g/mol. The molecule has 0 aliphatic carbocycles. The highest BCUT2D eigenvalue weighted by atomic mass is 79.9. The number of carbonyl (C=O) groups excluding carboxylic acids is 1. The van der Waals surface area contributed by atoms with E-state index in [1.165, 1.54) is 16.9 Å². The number of carbonyl (C=O) groups is 1. The first-order valence-electron chi connectivity index (χ1n) is 6.05. The first-order valence-corrected chi connectivity index (χ1v) is 7.66. The lowest BCUT2D eigenvalue weighted by Crippen LogP contribution is -2.16. The second kappa shape index (κ2) is 6.30. The molecule has 2 rings (SSSR count). The molecule has 0 N–H and O–H groups in total. The Morgan fingerprint density at radius 1 is 1.42 bits per heavy atom. The Morgan fingerprint density at radius 3 is 2.74 bits per heavy atom. The van der Waals surface area contributed by atoms with Gasteiger partial charge in [-0.2, -0.15) is 0 Å². The maximum Gasteiger partial charge on any atom is 0.186 e. The van der Waals surface area contributed by atoms with E-state index in [0.717, 1.165) is 39.4 Å². The summed E-state index contributed by atoms with van der Waals surface area (Å²) in [7, 11) is 1.99. The number of benzene rings is 1. The van der Waals surface area contributed by atoms with Crippen LogP contribution in [-0.2, 0) is 13.0 Å². The van der Waals surface area contributed by atoms with Crippen LogP contribution in [0.4, 0.5) is 5.13 Å². The SMILES string of the molecule is CCc1nc(N(C)Cc2ccccc2Br)sc1C=O. The Kier molecular flexibility index (Phi) is 4.71. The average Bonchev–Trinajstić information content (AvgIpc) is 2.84. The van der Waals surface area contributed by atoms with Crippen LogP contribution in [-0.4, -0.2) is 18.3 Å². The third-order valence-electron chi connectivity index (χ3n) is 2.85. The molecule has 0 saturated heterocycles. The predicted molar refractivity (Wildman–Crippen MR) is 83.1 cm³/mol.